The van der Waals surface area contributed by atoms with E-state index in [-0.39, 0.29) is 5.91 Å². The van der Waals surface area contributed by atoms with E-state index in [2.05, 4.69) is 5.32 Å². The van der Waals surface area contributed by atoms with Crippen molar-refractivity contribution in [2.24, 2.45) is 0 Å². The van der Waals surface area contributed by atoms with Crippen molar-refractivity contribution in [2.75, 3.05) is 0 Å². The van der Waals surface area contributed by atoms with Crippen LogP contribution in [-0.4, -0.2) is 17.6 Å². The smallest absolute Gasteiger partial charge is 0.238 e. The van der Waals surface area contributed by atoms with E-state index in [0.717, 1.165) is 11.8 Å². The second kappa shape index (κ2) is 5.51. The number of halogens is 1. The van der Waals surface area contributed by atoms with Crippen LogP contribution in [0.1, 0.15) is 22.8 Å². The molecule has 0 spiro atoms. The largest absolute Gasteiger partial charge is 0.351 e. The summed E-state index contributed by atoms with van der Waals surface area (Å²) in [4.78, 5) is 21.5. The molecule has 1 aromatic carbocycles. The fraction of sp³-hybridized carbons (Fsp3) is 0.273. The van der Waals surface area contributed by atoms with Crippen molar-refractivity contribution in [1.82, 2.24) is 5.32 Å². The molecule has 1 amide bonds. The molecule has 0 radical (unpaired) electrons. The molecule has 0 bridgehead atoms. The standard InChI is InChI=1S/C11H12ClNO2/c1-8(12)11(15)13-6-9-2-4-10(7-14)5-3-9/h2-5,7-8H,6H2,1H3,(H,13,15)/t8-/m1/s1. The van der Waals surface area contributed by atoms with Crippen molar-refractivity contribution in [3.8, 4) is 0 Å². The quantitative estimate of drug-likeness (QED) is 0.627. The molecule has 0 aliphatic rings. The molecule has 0 heterocycles. The molecular formula is C11H12ClNO2. The number of amides is 1. The van der Waals surface area contributed by atoms with Crippen LogP contribution in [0.25, 0.3) is 0 Å². The molecule has 3 nitrogen and oxygen atoms in total. The van der Waals surface area contributed by atoms with Gasteiger partial charge < -0.3 is 5.32 Å². The van der Waals surface area contributed by atoms with Crippen LogP contribution in [0.15, 0.2) is 24.3 Å². The summed E-state index contributed by atoms with van der Waals surface area (Å²) in [6, 6.07) is 7.00. The molecular weight excluding hydrogens is 214 g/mol. The maximum Gasteiger partial charge on any atom is 0.238 e. The van der Waals surface area contributed by atoms with Gasteiger partial charge >= 0.3 is 0 Å². The van der Waals surface area contributed by atoms with Gasteiger partial charge in [0.15, 0.2) is 0 Å². The normalized spacial score (nSPS) is 11.9. The third-order valence-electron chi connectivity index (χ3n) is 1.94. The summed E-state index contributed by atoms with van der Waals surface area (Å²) in [6.45, 7) is 2.04. The molecule has 0 aliphatic carbocycles. The lowest BCUT2D eigenvalue weighted by atomic mass is 10.1. The molecule has 0 fully saturated rings. The van der Waals surface area contributed by atoms with Gasteiger partial charge in [0.1, 0.15) is 11.7 Å². The highest BCUT2D eigenvalue weighted by atomic mass is 35.5. The molecule has 0 unspecified atom stereocenters. The van der Waals surface area contributed by atoms with Crippen LogP contribution in [-0.2, 0) is 11.3 Å². The van der Waals surface area contributed by atoms with E-state index in [9.17, 15) is 9.59 Å². The number of carbonyl (C=O) groups excluding carboxylic acids is 2. The summed E-state index contributed by atoms with van der Waals surface area (Å²) in [5, 5.41) is 2.15. The van der Waals surface area contributed by atoms with Crippen LogP contribution >= 0.6 is 11.6 Å². The van der Waals surface area contributed by atoms with Gasteiger partial charge in [-0.1, -0.05) is 24.3 Å². The Morgan fingerprint density at radius 1 is 1.47 bits per heavy atom. The monoisotopic (exact) mass is 225 g/mol. The molecule has 1 rings (SSSR count). The molecule has 4 heteroatoms. The van der Waals surface area contributed by atoms with Crippen LogP contribution in [0.4, 0.5) is 0 Å². The van der Waals surface area contributed by atoms with Crippen LogP contribution in [0.5, 0.6) is 0 Å². The molecule has 1 N–H and O–H groups in total. The molecule has 1 atom stereocenters. The average molecular weight is 226 g/mol. The summed E-state index contributed by atoms with van der Waals surface area (Å²) in [5.41, 5.74) is 1.56. The molecule has 0 aliphatic heterocycles. The van der Waals surface area contributed by atoms with Crippen LogP contribution in [0.3, 0.4) is 0 Å². The van der Waals surface area contributed by atoms with Gasteiger partial charge in [0.25, 0.3) is 0 Å². The lowest BCUT2D eigenvalue weighted by Gasteiger charge is -2.06. The van der Waals surface area contributed by atoms with Gasteiger partial charge in [-0.15, -0.1) is 11.6 Å². The summed E-state index contributed by atoms with van der Waals surface area (Å²) < 4.78 is 0. The Morgan fingerprint density at radius 2 is 2.07 bits per heavy atom. The van der Waals surface area contributed by atoms with Gasteiger partial charge in [-0.25, -0.2) is 0 Å². The first kappa shape index (κ1) is 11.7. The van der Waals surface area contributed by atoms with E-state index < -0.39 is 5.38 Å². The summed E-state index contributed by atoms with van der Waals surface area (Å²) >= 11 is 5.58. The van der Waals surface area contributed by atoms with Gasteiger partial charge in [-0.3, -0.25) is 9.59 Å². The topological polar surface area (TPSA) is 46.2 Å². The number of hydrogen-bond donors (Lipinski definition) is 1. The Bertz CT molecular complexity index is 346. The van der Waals surface area contributed by atoms with E-state index in [1.54, 1.807) is 31.2 Å². The summed E-state index contributed by atoms with van der Waals surface area (Å²) in [5.74, 6) is -0.198. The maximum absolute atomic E-state index is 11.1. The fourth-order valence-electron chi connectivity index (χ4n) is 1.04. The Balaban J connectivity index is 2.51. The number of aldehydes is 1. The van der Waals surface area contributed by atoms with Crippen molar-refractivity contribution >= 4 is 23.8 Å². The zero-order valence-electron chi connectivity index (χ0n) is 8.37. The van der Waals surface area contributed by atoms with Crippen molar-refractivity contribution in [3.63, 3.8) is 0 Å². The van der Waals surface area contributed by atoms with Gasteiger partial charge in [0.05, 0.1) is 0 Å². The fourth-order valence-corrected chi connectivity index (χ4v) is 1.12. The minimum Gasteiger partial charge on any atom is -0.351 e. The van der Waals surface area contributed by atoms with Crippen LogP contribution < -0.4 is 5.32 Å². The highest BCUT2D eigenvalue weighted by Gasteiger charge is 2.07. The van der Waals surface area contributed by atoms with E-state index >= 15 is 0 Å². The number of carbonyl (C=O) groups is 2. The third-order valence-corrected chi connectivity index (χ3v) is 2.14. The van der Waals surface area contributed by atoms with Gasteiger partial charge in [0, 0.05) is 12.1 Å². The lowest BCUT2D eigenvalue weighted by molar-refractivity contribution is -0.120. The SMILES string of the molecule is C[C@@H](Cl)C(=O)NCc1ccc(C=O)cc1. The molecule has 0 saturated carbocycles. The third kappa shape index (κ3) is 3.72. The predicted octanol–water partition coefficient (Wildman–Crippen LogP) is 1.74. The van der Waals surface area contributed by atoms with Gasteiger partial charge in [-0.2, -0.15) is 0 Å². The average Bonchev–Trinajstić information content (AvgIpc) is 2.26. The van der Waals surface area contributed by atoms with E-state index in [4.69, 9.17) is 11.6 Å². The zero-order valence-corrected chi connectivity index (χ0v) is 9.12. The van der Waals surface area contributed by atoms with Crippen molar-refractivity contribution in [1.29, 1.82) is 0 Å². The van der Waals surface area contributed by atoms with Crippen molar-refractivity contribution in [2.45, 2.75) is 18.8 Å². The van der Waals surface area contributed by atoms with Gasteiger partial charge in [0.2, 0.25) is 5.91 Å². The second-order valence-corrected chi connectivity index (χ2v) is 3.85. The molecule has 80 valence electrons. The minimum absolute atomic E-state index is 0.198. The van der Waals surface area contributed by atoms with Gasteiger partial charge in [-0.05, 0) is 12.5 Å². The second-order valence-electron chi connectivity index (χ2n) is 3.19. The molecule has 15 heavy (non-hydrogen) atoms. The van der Waals surface area contributed by atoms with Crippen molar-refractivity contribution < 1.29 is 9.59 Å². The lowest BCUT2D eigenvalue weighted by Crippen LogP contribution is -2.28. The van der Waals surface area contributed by atoms with Crippen molar-refractivity contribution in [3.05, 3.63) is 35.4 Å². The molecule has 0 saturated heterocycles. The minimum atomic E-state index is -0.528. The maximum atomic E-state index is 11.1. The van der Waals surface area contributed by atoms with E-state index in [1.165, 1.54) is 0 Å². The first-order valence-electron chi connectivity index (χ1n) is 4.59. The number of rotatable bonds is 4. The first-order valence-corrected chi connectivity index (χ1v) is 5.03. The summed E-state index contributed by atoms with van der Waals surface area (Å²) in [7, 11) is 0. The number of benzene rings is 1. The Morgan fingerprint density at radius 3 is 2.53 bits per heavy atom. The Hall–Kier alpha value is -1.35. The summed E-state index contributed by atoms with van der Waals surface area (Å²) in [6.07, 6.45) is 0.781. The van der Waals surface area contributed by atoms with E-state index in [0.29, 0.717) is 12.1 Å². The number of alkyl halides is 1. The Kier molecular flexibility index (Phi) is 4.31. The molecule has 1 aromatic rings. The first-order chi connectivity index (χ1) is 7.13. The van der Waals surface area contributed by atoms with Crippen LogP contribution in [0, 0.1) is 0 Å². The highest BCUT2D eigenvalue weighted by molar-refractivity contribution is 6.30. The van der Waals surface area contributed by atoms with Crippen LogP contribution in [0.2, 0.25) is 0 Å². The molecule has 0 aromatic heterocycles. The van der Waals surface area contributed by atoms with E-state index in [1.807, 2.05) is 0 Å². The highest BCUT2D eigenvalue weighted by Crippen LogP contribution is 2.02. The number of hydrogen-bond acceptors (Lipinski definition) is 2. The Labute approximate surface area is 93.4 Å². The number of nitrogens with one attached hydrogen (secondary N) is 1. The predicted molar refractivity (Wildman–Crippen MR) is 59.0 cm³/mol. The zero-order chi connectivity index (χ0) is 11.3.